The van der Waals surface area contributed by atoms with Gasteiger partial charge < -0.3 is 9.84 Å². The molecular formula is C12H8F3NO3. The predicted molar refractivity (Wildman–Crippen MR) is 56.5 cm³/mol. The molecule has 100 valence electrons. The first-order chi connectivity index (χ1) is 8.82. The lowest BCUT2D eigenvalue weighted by molar-refractivity contribution is -0.217. The third-order valence-electron chi connectivity index (χ3n) is 2.89. The van der Waals surface area contributed by atoms with Gasteiger partial charge in [0.25, 0.3) is 0 Å². The van der Waals surface area contributed by atoms with Gasteiger partial charge in [0.15, 0.2) is 0 Å². The minimum absolute atomic E-state index is 0.0289. The van der Waals surface area contributed by atoms with Gasteiger partial charge in [0.2, 0.25) is 6.10 Å². The summed E-state index contributed by atoms with van der Waals surface area (Å²) in [5, 5.41) is 17.6. The molecule has 1 aromatic rings. The SMILES string of the molecule is N#Cc1ccc2c(c1)CC(C(=O)O)C(C(F)(F)F)O2. The maximum absolute atomic E-state index is 12.8. The zero-order chi connectivity index (χ0) is 14.2. The van der Waals surface area contributed by atoms with E-state index in [2.05, 4.69) is 0 Å². The molecular weight excluding hydrogens is 263 g/mol. The van der Waals surface area contributed by atoms with Crippen molar-refractivity contribution in [3.05, 3.63) is 29.3 Å². The van der Waals surface area contributed by atoms with Crippen LogP contribution < -0.4 is 4.74 Å². The molecule has 1 aliphatic rings. The van der Waals surface area contributed by atoms with Gasteiger partial charge in [-0.05, 0) is 30.2 Å². The van der Waals surface area contributed by atoms with Crippen molar-refractivity contribution in [2.75, 3.05) is 0 Å². The third-order valence-corrected chi connectivity index (χ3v) is 2.89. The van der Waals surface area contributed by atoms with Gasteiger partial charge in [-0.1, -0.05) is 0 Å². The molecule has 7 heteroatoms. The van der Waals surface area contributed by atoms with E-state index in [1.54, 1.807) is 0 Å². The van der Waals surface area contributed by atoms with Crippen molar-refractivity contribution in [3.8, 4) is 11.8 Å². The van der Waals surface area contributed by atoms with E-state index in [1.807, 2.05) is 6.07 Å². The Morgan fingerprint density at radius 1 is 1.47 bits per heavy atom. The number of alkyl halides is 3. The van der Waals surface area contributed by atoms with Crippen LogP contribution in [0.4, 0.5) is 13.2 Å². The molecule has 0 bridgehead atoms. The number of ether oxygens (including phenoxy) is 1. The highest BCUT2D eigenvalue weighted by molar-refractivity contribution is 5.72. The molecule has 0 fully saturated rings. The highest BCUT2D eigenvalue weighted by atomic mass is 19.4. The summed E-state index contributed by atoms with van der Waals surface area (Å²) in [5.74, 6) is -3.31. The number of benzene rings is 1. The summed E-state index contributed by atoms with van der Waals surface area (Å²) in [6, 6.07) is 5.76. The zero-order valence-electron chi connectivity index (χ0n) is 9.44. The molecule has 4 nitrogen and oxygen atoms in total. The van der Waals surface area contributed by atoms with Crippen molar-refractivity contribution in [2.45, 2.75) is 18.7 Å². The fourth-order valence-corrected chi connectivity index (χ4v) is 2.00. The first-order valence-corrected chi connectivity index (χ1v) is 5.32. The summed E-state index contributed by atoms with van der Waals surface area (Å²) < 4.78 is 43.0. The Morgan fingerprint density at radius 2 is 2.16 bits per heavy atom. The molecule has 1 N–H and O–H groups in total. The molecule has 0 saturated heterocycles. The summed E-state index contributed by atoms with van der Waals surface area (Å²) >= 11 is 0. The molecule has 1 aliphatic heterocycles. The number of carboxylic acid groups (broad SMARTS) is 1. The number of carboxylic acids is 1. The van der Waals surface area contributed by atoms with Crippen molar-refractivity contribution in [1.82, 2.24) is 0 Å². The number of hydrogen-bond acceptors (Lipinski definition) is 3. The summed E-state index contributed by atoms with van der Waals surface area (Å²) in [5.41, 5.74) is 0.545. The molecule has 0 saturated carbocycles. The van der Waals surface area contributed by atoms with E-state index in [4.69, 9.17) is 15.1 Å². The van der Waals surface area contributed by atoms with E-state index in [-0.39, 0.29) is 17.7 Å². The number of carbonyl (C=O) groups is 1. The lowest BCUT2D eigenvalue weighted by Crippen LogP contribution is -2.47. The molecule has 0 aliphatic carbocycles. The van der Waals surface area contributed by atoms with Crippen LogP contribution in [0.5, 0.6) is 5.75 Å². The average molecular weight is 271 g/mol. The fraction of sp³-hybridized carbons (Fsp3) is 0.333. The van der Waals surface area contributed by atoms with Gasteiger partial charge in [0.1, 0.15) is 11.7 Å². The number of nitrogens with zero attached hydrogens (tertiary/aromatic N) is 1. The average Bonchev–Trinajstić information content (AvgIpc) is 2.35. The van der Waals surface area contributed by atoms with Crippen molar-refractivity contribution >= 4 is 5.97 Å². The normalized spacial score (nSPS) is 22.0. The van der Waals surface area contributed by atoms with Gasteiger partial charge in [-0.3, -0.25) is 4.79 Å². The monoisotopic (exact) mass is 271 g/mol. The second-order valence-electron chi connectivity index (χ2n) is 4.16. The Bertz CT molecular complexity index is 562. The van der Waals surface area contributed by atoms with E-state index in [0.717, 1.165) is 0 Å². The van der Waals surface area contributed by atoms with Crippen LogP contribution in [-0.2, 0) is 11.2 Å². The van der Waals surface area contributed by atoms with Crippen LogP contribution in [0, 0.1) is 17.2 Å². The van der Waals surface area contributed by atoms with Crippen LogP contribution in [0.1, 0.15) is 11.1 Å². The predicted octanol–water partition coefficient (Wildman–Crippen LogP) is 2.12. The van der Waals surface area contributed by atoms with Crippen LogP contribution >= 0.6 is 0 Å². The second kappa shape index (κ2) is 4.46. The smallest absolute Gasteiger partial charge is 0.426 e. The molecule has 0 aromatic heterocycles. The molecule has 2 rings (SSSR count). The number of aliphatic carboxylic acids is 1. The number of hydrogen-bond donors (Lipinski definition) is 1. The topological polar surface area (TPSA) is 70.3 Å². The maximum atomic E-state index is 12.8. The first kappa shape index (κ1) is 13.2. The van der Waals surface area contributed by atoms with Crippen molar-refractivity contribution < 1.29 is 27.8 Å². The highest BCUT2D eigenvalue weighted by Gasteiger charge is 2.52. The molecule has 0 amide bonds. The summed E-state index contributed by atoms with van der Waals surface area (Å²) in [7, 11) is 0. The fourth-order valence-electron chi connectivity index (χ4n) is 2.00. The number of fused-ring (bicyclic) bond motifs is 1. The lowest BCUT2D eigenvalue weighted by Gasteiger charge is -2.32. The van der Waals surface area contributed by atoms with Gasteiger partial charge in [-0.2, -0.15) is 18.4 Å². The minimum atomic E-state index is -4.76. The Kier molecular flexibility index (Phi) is 3.10. The number of halogens is 3. The number of rotatable bonds is 1. The third kappa shape index (κ3) is 2.47. The van der Waals surface area contributed by atoms with Crippen LogP contribution in [-0.4, -0.2) is 23.4 Å². The lowest BCUT2D eigenvalue weighted by atomic mass is 9.89. The molecule has 1 heterocycles. The Balaban J connectivity index is 2.42. The minimum Gasteiger partial charge on any atom is -0.481 e. The highest BCUT2D eigenvalue weighted by Crippen LogP contribution is 2.38. The van der Waals surface area contributed by atoms with E-state index in [9.17, 15) is 18.0 Å². The van der Waals surface area contributed by atoms with Crippen LogP contribution in [0.2, 0.25) is 0 Å². The molecule has 0 spiro atoms. The van der Waals surface area contributed by atoms with E-state index in [0.29, 0.717) is 5.56 Å². The Labute approximate surface area is 106 Å². The van der Waals surface area contributed by atoms with E-state index < -0.39 is 24.2 Å². The Morgan fingerprint density at radius 3 is 2.68 bits per heavy atom. The first-order valence-electron chi connectivity index (χ1n) is 5.32. The molecule has 1 aromatic carbocycles. The van der Waals surface area contributed by atoms with Crippen molar-refractivity contribution in [1.29, 1.82) is 5.26 Å². The van der Waals surface area contributed by atoms with Gasteiger partial charge in [0.05, 0.1) is 11.6 Å². The summed E-state index contributed by atoms with van der Waals surface area (Å²) in [4.78, 5) is 10.9. The summed E-state index contributed by atoms with van der Waals surface area (Å²) in [6.45, 7) is 0. The van der Waals surface area contributed by atoms with E-state index in [1.165, 1.54) is 18.2 Å². The van der Waals surface area contributed by atoms with Gasteiger partial charge >= 0.3 is 12.1 Å². The van der Waals surface area contributed by atoms with Gasteiger partial charge in [-0.25, -0.2) is 0 Å². The molecule has 19 heavy (non-hydrogen) atoms. The Hall–Kier alpha value is -2.23. The van der Waals surface area contributed by atoms with Crippen LogP contribution in [0.15, 0.2) is 18.2 Å². The second-order valence-corrected chi connectivity index (χ2v) is 4.16. The largest absolute Gasteiger partial charge is 0.481 e. The van der Waals surface area contributed by atoms with Crippen LogP contribution in [0.25, 0.3) is 0 Å². The zero-order valence-corrected chi connectivity index (χ0v) is 9.44. The molecule has 2 atom stereocenters. The van der Waals surface area contributed by atoms with Crippen molar-refractivity contribution in [3.63, 3.8) is 0 Å². The quantitative estimate of drug-likeness (QED) is 0.849. The number of nitriles is 1. The van der Waals surface area contributed by atoms with Gasteiger partial charge in [-0.15, -0.1) is 0 Å². The van der Waals surface area contributed by atoms with Crippen molar-refractivity contribution in [2.24, 2.45) is 5.92 Å². The van der Waals surface area contributed by atoms with Crippen LogP contribution in [0.3, 0.4) is 0 Å². The standard InChI is InChI=1S/C12H8F3NO3/c13-12(14,15)10-8(11(17)18)4-7-3-6(5-16)1-2-9(7)19-10/h1-3,8,10H,4H2,(H,17,18). The van der Waals surface area contributed by atoms with E-state index >= 15 is 0 Å². The molecule has 2 unspecified atom stereocenters. The van der Waals surface area contributed by atoms with Gasteiger partial charge in [0, 0.05) is 0 Å². The maximum Gasteiger partial charge on any atom is 0.426 e. The summed E-state index contributed by atoms with van der Waals surface area (Å²) in [6.07, 6.45) is -7.44. The molecule has 0 radical (unpaired) electrons.